The molecule has 0 fully saturated rings. The Morgan fingerprint density at radius 1 is 1.17 bits per heavy atom. The molecule has 0 radical (unpaired) electrons. The number of ether oxygens (including phenoxy) is 2. The van der Waals surface area contributed by atoms with E-state index >= 15 is 0 Å². The summed E-state index contributed by atoms with van der Waals surface area (Å²) in [6, 6.07) is 12.3. The van der Waals surface area contributed by atoms with Crippen molar-refractivity contribution in [3.05, 3.63) is 59.4 Å². The largest absolute Gasteiger partial charge is 0.497 e. The van der Waals surface area contributed by atoms with Gasteiger partial charge in [-0.15, -0.1) is 0 Å². The van der Waals surface area contributed by atoms with E-state index < -0.39 is 0 Å². The zero-order chi connectivity index (χ0) is 16.4. The average Bonchev–Trinajstić information content (AvgIpc) is 2.84. The van der Waals surface area contributed by atoms with Crippen molar-refractivity contribution in [2.45, 2.75) is 6.92 Å². The van der Waals surface area contributed by atoms with Crippen LogP contribution in [0.15, 0.2) is 48.2 Å². The Morgan fingerprint density at radius 3 is 2.57 bits per heavy atom. The lowest BCUT2D eigenvalue weighted by Crippen LogP contribution is -2.06. The van der Waals surface area contributed by atoms with Crippen molar-refractivity contribution in [1.82, 2.24) is 0 Å². The van der Waals surface area contributed by atoms with E-state index in [0.29, 0.717) is 17.0 Å². The summed E-state index contributed by atoms with van der Waals surface area (Å²) < 4.78 is 10.7. The quantitative estimate of drug-likeness (QED) is 0.884. The number of amides is 1. The zero-order valence-corrected chi connectivity index (χ0v) is 12.8. The van der Waals surface area contributed by atoms with Crippen molar-refractivity contribution in [3.8, 4) is 11.5 Å². The smallest absolute Gasteiger partial charge is 0.232 e. The van der Waals surface area contributed by atoms with E-state index in [1.165, 1.54) is 6.92 Å². The molecule has 2 aromatic rings. The fourth-order valence-electron chi connectivity index (χ4n) is 2.32. The summed E-state index contributed by atoms with van der Waals surface area (Å²) in [6.07, 6.45) is 1.68. The molecule has 0 spiro atoms. The normalized spacial score (nSPS) is 14.3. The van der Waals surface area contributed by atoms with Crippen molar-refractivity contribution < 1.29 is 19.1 Å². The second-order valence-electron chi connectivity index (χ2n) is 5.11. The molecule has 1 aliphatic heterocycles. The third-order valence-corrected chi connectivity index (χ3v) is 3.40. The van der Waals surface area contributed by atoms with E-state index in [-0.39, 0.29) is 17.4 Å². The van der Waals surface area contributed by atoms with Gasteiger partial charge in [0, 0.05) is 12.6 Å². The first-order valence-electron chi connectivity index (χ1n) is 7.07. The molecule has 23 heavy (non-hydrogen) atoms. The molecule has 5 heteroatoms. The molecule has 1 N–H and O–H groups in total. The van der Waals surface area contributed by atoms with Crippen molar-refractivity contribution >= 4 is 23.5 Å². The van der Waals surface area contributed by atoms with Gasteiger partial charge in [-0.1, -0.05) is 12.1 Å². The number of hydrogen-bond donors (Lipinski definition) is 1. The molecule has 0 saturated heterocycles. The van der Waals surface area contributed by atoms with Gasteiger partial charge in [-0.25, -0.2) is 0 Å². The minimum absolute atomic E-state index is 0.190. The number of allylic oxidation sites excluding steroid dienone is 1. The summed E-state index contributed by atoms with van der Waals surface area (Å²) in [5.74, 6) is 1.09. The Morgan fingerprint density at radius 2 is 1.91 bits per heavy atom. The molecule has 0 saturated carbocycles. The third kappa shape index (κ3) is 3.08. The van der Waals surface area contributed by atoms with Crippen LogP contribution in [0.4, 0.5) is 5.69 Å². The number of carbonyl (C=O) groups is 2. The number of nitrogens with one attached hydrogen (secondary N) is 1. The highest BCUT2D eigenvalue weighted by molar-refractivity contribution is 6.15. The lowest BCUT2D eigenvalue weighted by Gasteiger charge is -2.02. The van der Waals surface area contributed by atoms with Crippen LogP contribution in [0.2, 0.25) is 0 Å². The molecular weight excluding hydrogens is 294 g/mol. The summed E-state index contributed by atoms with van der Waals surface area (Å²) in [5.41, 5.74) is 1.85. The lowest BCUT2D eigenvalue weighted by molar-refractivity contribution is -0.114. The number of ketones is 1. The summed E-state index contributed by atoms with van der Waals surface area (Å²) in [4.78, 5) is 23.5. The lowest BCUT2D eigenvalue weighted by atomic mass is 10.1. The second kappa shape index (κ2) is 5.96. The number of Topliss-reactive ketones (excluding diaryl/α,β-unsaturated/α-hetero) is 1. The van der Waals surface area contributed by atoms with E-state index in [1.54, 1.807) is 31.4 Å². The molecule has 0 atom stereocenters. The minimum atomic E-state index is -0.206. The molecule has 0 aliphatic carbocycles. The first-order valence-corrected chi connectivity index (χ1v) is 7.07. The van der Waals surface area contributed by atoms with Gasteiger partial charge in [-0.3, -0.25) is 9.59 Å². The van der Waals surface area contributed by atoms with Crippen LogP contribution in [0, 0.1) is 0 Å². The summed E-state index contributed by atoms with van der Waals surface area (Å²) in [7, 11) is 1.60. The van der Waals surface area contributed by atoms with Gasteiger partial charge in [0.05, 0.1) is 12.7 Å². The molecule has 0 aromatic heterocycles. The Balaban J connectivity index is 1.87. The molecule has 3 rings (SSSR count). The van der Waals surface area contributed by atoms with Crippen molar-refractivity contribution in [1.29, 1.82) is 0 Å². The van der Waals surface area contributed by atoms with Crippen molar-refractivity contribution in [2.75, 3.05) is 12.4 Å². The van der Waals surface area contributed by atoms with Gasteiger partial charge in [0.15, 0.2) is 5.76 Å². The SMILES string of the molecule is COc1ccc(C=C2Oc3ccc(NC(C)=O)cc3C2=O)cc1. The topological polar surface area (TPSA) is 64.6 Å². The number of rotatable bonds is 3. The number of anilines is 1. The van der Waals surface area contributed by atoms with E-state index in [4.69, 9.17) is 9.47 Å². The highest BCUT2D eigenvalue weighted by Gasteiger charge is 2.27. The number of carbonyl (C=O) groups excluding carboxylic acids is 2. The van der Waals surface area contributed by atoms with Gasteiger partial charge in [-0.05, 0) is 42.0 Å². The van der Waals surface area contributed by atoms with Crippen LogP contribution < -0.4 is 14.8 Å². The Bertz CT molecular complexity index is 806. The van der Waals surface area contributed by atoms with Gasteiger partial charge in [0.1, 0.15) is 11.5 Å². The zero-order valence-electron chi connectivity index (χ0n) is 12.8. The predicted octanol–water partition coefficient (Wildman–Crippen LogP) is 3.27. The molecule has 0 unspecified atom stereocenters. The number of methoxy groups -OCH3 is 1. The molecule has 5 nitrogen and oxygen atoms in total. The van der Waals surface area contributed by atoms with Crippen LogP contribution in [0.3, 0.4) is 0 Å². The molecule has 1 aliphatic rings. The standard InChI is InChI=1S/C18H15NO4/c1-11(20)19-13-5-8-16-15(10-13)18(21)17(23-16)9-12-3-6-14(22-2)7-4-12/h3-10H,1-2H3,(H,19,20). The Labute approximate surface area is 133 Å². The van der Waals surface area contributed by atoms with Gasteiger partial charge < -0.3 is 14.8 Å². The molecule has 1 heterocycles. The summed E-state index contributed by atoms with van der Waals surface area (Å²) >= 11 is 0. The van der Waals surface area contributed by atoms with Crippen LogP contribution in [0.1, 0.15) is 22.8 Å². The fourth-order valence-corrected chi connectivity index (χ4v) is 2.32. The number of fused-ring (bicyclic) bond motifs is 1. The summed E-state index contributed by atoms with van der Waals surface area (Å²) in [5, 5.41) is 2.65. The van der Waals surface area contributed by atoms with Gasteiger partial charge in [0.2, 0.25) is 11.7 Å². The summed E-state index contributed by atoms with van der Waals surface area (Å²) in [6.45, 7) is 1.42. The monoisotopic (exact) mass is 309 g/mol. The van der Waals surface area contributed by atoms with Gasteiger partial charge in [-0.2, -0.15) is 0 Å². The maximum absolute atomic E-state index is 12.4. The van der Waals surface area contributed by atoms with E-state index in [1.807, 2.05) is 24.3 Å². The first-order chi connectivity index (χ1) is 11.1. The van der Waals surface area contributed by atoms with Crippen LogP contribution in [0.5, 0.6) is 11.5 Å². The molecule has 1 amide bonds. The predicted molar refractivity (Wildman–Crippen MR) is 86.7 cm³/mol. The van der Waals surface area contributed by atoms with E-state index in [2.05, 4.69) is 5.32 Å². The third-order valence-electron chi connectivity index (χ3n) is 3.40. The van der Waals surface area contributed by atoms with Gasteiger partial charge >= 0.3 is 0 Å². The maximum Gasteiger partial charge on any atom is 0.232 e. The van der Waals surface area contributed by atoms with Crippen LogP contribution in [-0.4, -0.2) is 18.8 Å². The van der Waals surface area contributed by atoms with Crippen molar-refractivity contribution in [3.63, 3.8) is 0 Å². The van der Waals surface area contributed by atoms with Crippen molar-refractivity contribution in [2.24, 2.45) is 0 Å². The van der Waals surface area contributed by atoms with Crippen LogP contribution in [-0.2, 0) is 4.79 Å². The van der Waals surface area contributed by atoms with E-state index in [9.17, 15) is 9.59 Å². The second-order valence-corrected chi connectivity index (χ2v) is 5.11. The highest BCUT2D eigenvalue weighted by Crippen LogP contribution is 2.34. The molecule has 2 aromatic carbocycles. The van der Waals surface area contributed by atoms with E-state index in [0.717, 1.165) is 11.3 Å². The molecule has 0 bridgehead atoms. The minimum Gasteiger partial charge on any atom is -0.497 e. The number of hydrogen-bond acceptors (Lipinski definition) is 4. The maximum atomic E-state index is 12.4. The van der Waals surface area contributed by atoms with Crippen LogP contribution in [0.25, 0.3) is 6.08 Å². The van der Waals surface area contributed by atoms with Gasteiger partial charge in [0.25, 0.3) is 0 Å². The number of benzene rings is 2. The Kier molecular flexibility index (Phi) is 3.85. The molecular formula is C18H15NO4. The highest BCUT2D eigenvalue weighted by atomic mass is 16.5. The fraction of sp³-hybridized carbons (Fsp3) is 0.111. The Hall–Kier alpha value is -3.08. The van der Waals surface area contributed by atoms with Crippen LogP contribution >= 0.6 is 0 Å². The average molecular weight is 309 g/mol. The first kappa shape index (κ1) is 14.8. The molecule has 116 valence electrons.